The molecule has 1 unspecified atom stereocenters. The molecule has 2 N–H and O–H groups in total. The summed E-state index contributed by atoms with van der Waals surface area (Å²) in [5, 5.41) is 25.1. The Morgan fingerprint density at radius 3 is 2.54 bits per heavy atom. The highest BCUT2D eigenvalue weighted by Crippen LogP contribution is 2.77. The zero-order valence-electron chi connectivity index (χ0n) is 29.4. The van der Waals surface area contributed by atoms with Gasteiger partial charge in [-0.3, -0.25) is 9.59 Å². The second kappa shape index (κ2) is 12.1. The normalized spacial score (nSPS) is 43.6. The topological polar surface area (TPSA) is 138 Å². The number of ketones is 1. The average Bonchev–Trinajstić information content (AvgIpc) is 3.70. The van der Waals surface area contributed by atoms with E-state index in [9.17, 15) is 24.6 Å². The summed E-state index contributed by atoms with van der Waals surface area (Å²) in [7, 11) is 0. The number of ether oxygens (including phenoxy) is 5. The Bertz CT molecular complexity index is 1680. The summed E-state index contributed by atoms with van der Waals surface area (Å²) in [6.45, 7) is 12.8. The van der Waals surface area contributed by atoms with Crippen LogP contribution in [0.15, 0.2) is 78.4 Å². The van der Waals surface area contributed by atoms with Crippen LogP contribution in [0.25, 0.3) is 0 Å². The quantitative estimate of drug-likeness (QED) is 0.139. The molecule has 0 spiro atoms. The molecular weight excluding hydrogens is 640 g/mol. The van der Waals surface area contributed by atoms with E-state index in [4.69, 9.17) is 23.7 Å². The summed E-state index contributed by atoms with van der Waals surface area (Å²) in [6, 6.07) is 8.52. The highest BCUT2D eigenvalue weighted by atomic mass is 16.9. The van der Waals surface area contributed by atoms with Crippen molar-refractivity contribution in [2.24, 2.45) is 29.1 Å². The summed E-state index contributed by atoms with van der Waals surface area (Å²) < 4.78 is 32.9. The molecule has 3 bridgehead atoms. The van der Waals surface area contributed by atoms with Crippen LogP contribution in [0.2, 0.25) is 0 Å². The highest BCUT2D eigenvalue weighted by molar-refractivity contribution is 6.05. The number of aliphatic hydroxyl groups excluding tert-OH is 1. The third-order valence-corrected chi connectivity index (χ3v) is 12.4. The van der Waals surface area contributed by atoms with Crippen LogP contribution in [-0.2, 0) is 33.3 Å². The van der Waals surface area contributed by atoms with Gasteiger partial charge in [-0.1, -0.05) is 75.8 Å². The van der Waals surface area contributed by atoms with Crippen LogP contribution in [0.4, 0.5) is 0 Å². The molecule has 0 amide bonds. The third kappa shape index (κ3) is 4.68. The van der Waals surface area contributed by atoms with E-state index < -0.39 is 87.9 Å². The summed E-state index contributed by atoms with van der Waals surface area (Å²) in [4.78, 5) is 40.1. The number of hydrogen-bond acceptors (Lipinski definition) is 10. The van der Waals surface area contributed by atoms with Gasteiger partial charge in [0.2, 0.25) is 0 Å². The van der Waals surface area contributed by atoms with Crippen molar-refractivity contribution < 1.29 is 48.3 Å². The molecule has 12 atom stereocenters. The van der Waals surface area contributed by atoms with Crippen LogP contribution in [0.5, 0.6) is 0 Å². The van der Waals surface area contributed by atoms with Gasteiger partial charge in [-0.15, -0.1) is 0 Å². The molecule has 1 aromatic carbocycles. The van der Waals surface area contributed by atoms with Crippen LogP contribution in [-0.4, -0.2) is 75.6 Å². The van der Waals surface area contributed by atoms with Crippen molar-refractivity contribution in [3.8, 4) is 0 Å². The maximum Gasteiger partial charge on any atom is 0.338 e. The number of carbonyl (C=O) groups excluding carboxylic acids is 3. The maximum atomic E-state index is 14.1. The smallest absolute Gasteiger partial charge is 0.338 e. The van der Waals surface area contributed by atoms with Crippen LogP contribution < -0.4 is 0 Å². The van der Waals surface area contributed by atoms with E-state index in [0.29, 0.717) is 17.6 Å². The third-order valence-electron chi connectivity index (χ3n) is 12.4. The number of aliphatic hydroxyl groups is 2. The lowest BCUT2D eigenvalue weighted by Gasteiger charge is -2.61. The number of Topliss-reactive ketones (excluding diaryl/α,β-unsaturated/α-hetero) is 1. The lowest BCUT2D eigenvalue weighted by atomic mass is 9.52. The van der Waals surface area contributed by atoms with Crippen molar-refractivity contribution in [2.45, 2.75) is 108 Å². The number of esters is 2. The molecule has 6 aliphatic rings. The van der Waals surface area contributed by atoms with Gasteiger partial charge < -0.3 is 33.9 Å². The fourth-order valence-corrected chi connectivity index (χ4v) is 10.1. The fraction of sp³-hybridized carbons (Fsp3) is 0.575. The molecule has 0 radical (unpaired) electrons. The van der Waals surface area contributed by atoms with Crippen molar-refractivity contribution in [3.05, 3.63) is 84.0 Å². The van der Waals surface area contributed by atoms with Gasteiger partial charge in [0.1, 0.15) is 24.9 Å². The number of rotatable bonds is 11. The lowest BCUT2D eigenvalue weighted by molar-refractivity contribution is -0.407. The van der Waals surface area contributed by atoms with Crippen molar-refractivity contribution in [1.82, 2.24) is 0 Å². The molecule has 10 heteroatoms. The van der Waals surface area contributed by atoms with Gasteiger partial charge in [-0.05, 0) is 62.3 Å². The van der Waals surface area contributed by atoms with Crippen LogP contribution in [0.1, 0.15) is 77.1 Å². The van der Waals surface area contributed by atoms with Gasteiger partial charge in [0, 0.05) is 36.2 Å². The first kappa shape index (κ1) is 35.0. The SMILES string of the molecule is C=C(C)[C@@]12OC3(/C=C/C=C/CCCCC)O[C@@H]1[C@@H]1[C@@H]4C[C@]4(COC(=O)c4ccccc4)[C@@H](O)[C@]4(O)C(=O)C(C)=C[C@H]4[C@@]1(O3)[C@H](C)[C@H]2OC(C)=O. The maximum absolute atomic E-state index is 14.1. The molecule has 7 rings (SSSR count). The summed E-state index contributed by atoms with van der Waals surface area (Å²) in [5.74, 6) is -6.36. The minimum absolute atomic E-state index is 0.246. The standard InChI is InChI=1S/C40H48O10/c1-7-8-9-10-11-12-16-19-37-48-33-30-28-21-36(28,22-46-34(43)27-17-14-13-15-18-27)35(44)38(45)29(20-24(4)31(38)42)40(30,50-37)25(5)32(47-26(6)41)39(33,49-37)23(2)3/h11-20,25,28-30,32-33,35,44-45H,2,7-10,21-22H2,1,3-6H3/b12-11+,19-16+/t25-,28+,29-,30+,32-,33-,35-,36-,37?,38-,39+,40+/m1/s1. The number of allylic oxidation sites excluding steroid dienone is 3. The molecule has 50 heavy (non-hydrogen) atoms. The summed E-state index contributed by atoms with van der Waals surface area (Å²) in [5.41, 5.74) is -5.20. The molecular formula is C40H48O10. The zero-order valence-corrected chi connectivity index (χ0v) is 29.4. The van der Waals surface area contributed by atoms with Crippen molar-refractivity contribution >= 4 is 17.7 Å². The minimum Gasteiger partial charge on any atom is -0.461 e. The fourth-order valence-electron chi connectivity index (χ4n) is 10.1. The number of carbonyl (C=O) groups is 3. The first-order valence-electron chi connectivity index (χ1n) is 17.9. The van der Waals surface area contributed by atoms with Crippen molar-refractivity contribution in [1.29, 1.82) is 0 Å². The molecule has 2 saturated heterocycles. The van der Waals surface area contributed by atoms with Gasteiger partial charge in [0.15, 0.2) is 17.0 Å². The van der Waals surface area contributed by atoms with E-state index in [1.54, 1.807) is 62.4 Å². The molecule has 2 aliphatic heterocycles. The van der Waals surface area contributed by atoms with Crippen molar-refractivity contribution in [2.75, 3.05) is 6.61 Å². The number of benzene rings is 1. The summed E-state index contributed by atoms with van der Waals surface area (Å²) in [6.07, 6.45) is 10.2. The Balaban J connectivity index is 1.37. The Labute approximate surface area is 293 Å². The minimum atomic E-state index is -2.34. The van der Waals surface area contributed by atoms with Gasteiger partial charge >= 0.3 is 17.9 Å². The van der Waals surface area contributed by atoms with E-state index >= 15 is 0 Å². The summed E-state index contributed by atoms with van der Waals surface area (Å²) >= 11 is 0. The van der Waals surface area contributed by atoms with Crippen molar-refractivity contribution in [3.63, 3.8) is 0 Å². The van der Waals surface area contributed by atoms with Gasteiger partial charge in [0.25, 0.3) is 0 Å². The van der Waals surface area contributed by atoms with E-state index in [-0.39, 0.29) is 12.2 Å². The predicted octanol–water partition coefficient (Wildman–Crippen LogP) is 5.14. The molecule has 4 aliphatic carbocycles. The monoisotopic (exact) mass is 688 g/mol. The molecule has 3 saturated carbocycles. The first-order chi connectivity index (χ1) is 23.7. The Morgan fingerprint density at radius 2 is 1.86 bits per heavy atom. The highest BCUT2D eigenvalue weighted by Gasteiger charge is 2.89. The number of unbranched alkanes of at least 4 members (excludes halogenated alkanes) is 3. The average molecular weight is 689 g/mol. The lowest BCUT2D eigenvalue weighted by Crippen LogP contribution is -2.76. The second-order valence-electron chi connectivity index (χ2n) is 15.3. The first-order valence-corrected chi connectivity index (χ1v) is 17.9. The van der Waals surface area contributed by atoms with E-state index in [1.807, 2.05) is 13.0 Å². The molecule has 268 valence electrons. The number of hydrogen-bond donors (Lipinski definition) is 2. The van der Waals surface area contributed by atoms with Gasteiger partial charge in [0.05, 0.1) is 11.2 Å². The van der Waals surface area contributed by atoms with E-state index in [1.165, 1.54) is 6.92 Å². The molecule has 5 fully saturated rings. The largest absolute Gasteiger partial charge is 0.461 e. The zero-order chi connectivity index (χ0) is 35.9. The second-order valence-corrected chi connectivity index (χ2v) is 15.3. The van der Waals surface area contributed by atoms with E-state index in [0.717, 1.165) is 25.7 Å². The Kier molecular flexibility index (Phi) is 8.47. The molecule has 2 heterocycles. The Hall–Kier alpha value is -3.41. The molecule has 0 aromatic heterocycles. The van der Waals surface area contributed by atoms with Crippen LogP contribution in [0.3, 0.4) is 0 Å². The number of fused-ring (bicyclic) bond motifs is 3. The molecule has 10 nitrogen and oxygen atoms in total. The molecule has 1 aromatic rings. The van der Waals surface area contributed by atoms with Crippen LogP contribution in [0, 0.1) is 29.1 Å². The van der Waals surface area contributed by atoms with Gasteiger partial charge in [-0.25, -0.2) is 4.79 Å². The van der Waals surface area contributed by atoms with Crippen LogP contribution >= 0.6 is 0 Å². The predicted molar refractivity (Wildman–Crippen MR) is 181 cm³/mol. The van der Waals surface area contributed by atoms with E-state index in [2.05, 4.69) is 19.6 Å². The van der Waals surface area contributed by atoms with Gasteiger partial charge in [-0.2, -0.15) is 0 Å². The Morgan fingerprint density at radius 1 is 1.12 bits per heavy atom.